The topological polar surface area (TPSA) is 15.3 Å². The Hall–Kier alpha value is -0.150. The van der Waals surface area contributed by atoms with Crippen molar-refractivity contribution < 1.29 is 0 Å². The second kappa shape index (κ2) is 7.92. The highest BCUT2D eigenvalue weighted by Crippen LogP contribution is 2.33. The third-order valence-electron chi connectivity index (χ3n) is 4.27. The first-order valence-electron chi connectivity index (χ1n) is 7.64. The maximum Gasteiger partial charge on any atom is 0.0653 e. The minimum absolute atomic E-state index is 0.378. The van der Waals surface area contributed by atoms with Gasteiger partial charge in [0.1, 0.15) is 0 Å². The van der Waals surface area contributed by atoms with Crippen LogP contribution in [0.2, 0.25) is 15.1 Å². The molecule has 1 unspecified atom stereocenters. The van der Waals surface area contributed by atoms with Crippen LogP contribution in [-0.4, -0.2) is 30.6 Å². The van der Waals surface area contributed by atoms with E-state index in [9.17, 15) is 0 Å². The molecule has 1 N–H and O–H groups in total. The van der Waals surface area contributed by atoms with E-state index >= 15 is 0 Å². The summed E-state index contributed by atoms with van der Waals surface area (Å²) in [5, 5.41) is 5.15. The summed E-state index contributed by atoms with van der Waals surface area (Å²) in [6, 6.07) is 3.89. The van der Waals surface area contributed by atoms with Gasteiger partial charge in [-0.2, -0.15) is 0 Å². The quantitative estimate of drug-likeness (QED) is 0.699. The first-order valence-corrected chi connectivity index (χ1v) is 8.78. The molecular formula is C16H23Cl3N2. The molecule has 0 aliphatic carbocycles. The summed E-state index contributed by atoms with van der Waals surface area (Å²) in [6.45, 7) is 8.06. The monoisotopic (exact) mass is 348 g/mol. The zero-order chi connectivity index (χ0) is 15.4. The van der Waals surface area contributed by atoms with Gasteiger partial charge < -0.3 is 10.2 Å². The fourth-order valence-corrected chi connectivity index (χ4v) is 3.59. The zero-order valence-corrected chi connectivity index (χ0v) is 14.9. The predicted molar refractivity (Wildman–Crippen MR) is 94.0 cm³/mol. The van der Waals surface area contributed by atoms with E-state index in [1.807, 2.05) is 6.07 Å². The molecule has 1 atom stereocenters. The molecule has 1 saturated heterocycles. The molecule has 1 fully saturated rings. The molecule has 0 bridgehead atoms. The van der Waals surface area contributed by atoms with Gasteiger partial charge >= 0.3 is 0 Å². The summed E-state index contributed by atoms with van der Waals surface area (Å²) in [4.78, 5) is 2.55. The van der Waals surface area contributed by atoms with Crippen LogP contribution in [0.3, 0.4) is 0 Å². The third-order valence-corrected chi connectivity index (χ3v) is 5.31. The highest BCUT2D eigenvalue weighted by molar-refractivity contribution is 6.44. The van der Waals surface area contributed by atoms with Gasteiger partial charge in [0.2, 0.25) is 0 Å². The Morgan fingerprint density at radius 2 is 1.76 bits per heavy atom. The standard InChI is InChI=1S/C16H23Cl3N2/c1-3-6-21-7-4-12(5-8-21)11(2)20-16-10-14(18)13(17)9-15(16)19/h9-12,20H,3-8H2,1-2H3. The molecule has 1 heterocycles. The van der Waals surface area contributed by atoms with Crippen molar-refractivity contribution in [3.05, 3.63) is 27.2 Å². The molecular weight excluding hydrogens is 327 g/mol. The summed E-state index contributed by atoms with van der Waals surface area (Å²) >= 11 is 18.3. The van der Waals surface area contributed by atoms with Crippen LogP contribution in [0.4, 0.5) is 5.69 Å². The van der Waals surface area contributed by atoms with Crippen molar-refractivity contribution in [1.29, 1.82) is 0 Å². The van der Waals surface area contributed by atoms with Crippen molar-refractivity contribution in [1.82, 2.24) is 4.90 Å². The molecule has 1 aliphatic heterocycles. The molecule has 1 aromatic rings. The normalized spacial score (nSPS) is 18.7. The molecule has 0 amide bonds. The number of likely N-dealkylation sites (tertiary alicyclic amines) is 1. The number of anilines is 1. The first kappa shape index (κ1) is 17.2. The highest BCUT2D eigenvalue weighted by atomic mass is 35.5. The fourth-order valence-electron chi connectivity index (χ4n) is 2.99. The lowest BCUT2D eigenvalue weighted by molar-refractivity contribution is 0.176. The van der Waals surface area contributed by atoms with E-state index in [0.29, 0.717) is 27.0 Å². The van der Waals surface area contributed by atoms with Crippen molar-refractivity contribution in [2.24, 2.45) is 5.92 Å². The minimum Gasteiger partial charge on any atom is -0.381 e. The highest BCUT2D eigenvalue weighted by Gasteiger charge is 2.24. The number of nitrogens with one attached hydrogen (secondary N) is 1. The van der Waals surface area contributed by atoms with Gasteiger partial charge in [0.25, 0.3) is 0 Å². The summed E-state index contributed by atoms with van der Waals surface area (Å²) < 4.78 is 0. The smallest absolute Gasteiger partial charge is 0.0653 e. The maximum atomic E-state index is 6.24. The van der Waals surface area contributed by atoms with E-state index < -0.39 is 0 Å². The molecule has 0 spiro atoms. The summed E-state index contributed by atoms with van der Waals surface area (Å²) in [6.07, 6.45) is 3.69. The SMILES string of the molecule is CCCN1CCC(C(C)Nc2cc(Cl)c(Cl)cc2Cl)CC1. The number of benzene rings is 1. The number of hydrogen-bond donors (Lipinski definition) is 1. The first-order chi connectivity index (χ1) is 10.0. The van der Waals surface area contributed by atoms with Crippen LogP contribution >= 0.6 is 34.8 Å². The molecule has 0 radical (unpaired) electrons. The number of halogens is 3. The Labute approximate surface area is 142 Å². The molecule has 0 aromatic heterocycles. The van der Waals surface area contributed by atoms with Gasteiger partial charge in [-0.05, 0) is 63.9 Å². The van der Waals surface area contributed by atoms with Crippen LogP contribution in [0, 0.1) is 5.92 Å². The Morgan fingerprint density at radius 3 is 2.38 bits per heavy atom. The second-order valence-electron chi connectivity index (χ2n) is 5.86. The number of hydrogen-bond acceptors (Lipinski definition) is 2. The summed E-state index contributed by atoms with van der Waals surface area (Å²) in [5.41, 5.74) is 0.870. The van der Waals surface area contributed by atoms with Gasteiger partial charge in [-0.3, -0.25) is 0 Å². The maximum absolute atomic E-state index is 6.24. The number of rotatable bonds is 5. The molecule has 1 aromatic carbocycles. The molecule has 118 valence electrons. The Kier molecular flexibility index (Phi) is 6.49. The lowest BCUT2D eigenvalue weighted by Gasteiger charge is -2.35. The summed E-state index contributed by atoms with van der Waals surface area (Å²) in [7, 11) is 0. The van der Waals surface area contributed by atoms with Crippen LogP contribution < -0.4 is 5.32 Å². The predicted octanol–water partition coefficient (Wildman–Crippen LogP) is 5.57. The lowest BCUT2D eigenvalue weighted by atomic mass is 9.90. The lowest BCUT2D eigenvalue weighted by Crippen LogP contribution is -2.39. The molecule has 2 rings (SSSR count). The van der Waals surface area contributed by atoms with E-state index in [1.165, 1.54) is 38.9 Å². The molecule has 2 nitrogen and oxygen atoms in total. The van der Waals surface area contributed by atoms with Crippen molar-refractivity contribution in [3.8, 4) is 0 Å². The van der Waals surface area contributed by atoms with Crippen LogP contribution in [0.15, 0.2) is 12.1 Å². The number of piperidine rings is 1. The Bertz CT molecular complexity index is 471. The van der Waals surface area contributed by atoms with Crippen LogP contribution in [0.1, 0.15) is 33.1 Å². The van der Waals surface area contributed by atoms with Gasteiger partial charge in [-0.25, -0.2) is 0 Å². The van der Waals surface area contributed by atoms with Gasteiger partial charge in [-0.1, -0.05) is 41.7 Å². The van der Waals surface area contributed by atoms with Crippen LogP contribution in [-0.2, 0) is 0 Å². The van der Waals surface area contributed by atoms with E-state index in [-0.39, 0.29) is 0 Å². The van der Waals surface area contributed by atoms with Gasteiger partial charge in [0.15, 0.2) is 0 Å². The van der Waals surface area contributed by atoms with Crippen LogP contribution in [0.5, 0.6) is 0 Å². The van der Waals surface area contributed by atoms with Crippen molar-refractivity contribution >= 4 is 40.5 Å². The average Bonchev–Trinajstić information content (AvgIpc) is 2.46. The fraction of sp³-hybridized carbons (Fsp3) is 0.625. The Morgan fingerprint density at radius 1 is 1.14 bits per heavy atom. The van der Waals surface area contributed by atoms with E-state index in [4.69, 9.17) is 34.8 Å². The largest absolute Gasteiger partial charge is 0.381 e. The Balaban J connectivity index is 1.93. The van der Waals surface area contributed by atoms with Crippen molar-refractivity contribution in [3.63, 3.8) is 0 Å². The zero-order valence-electron chi connectivity index (χ0n) is 12.6. The average molecular weight is 350 g/mol. The molecule has 5 heteroatoms. The number of nitrogens with zero attached hydrogens (tertiary/aromatic N) is 1. The van der Waals surface area contributed by atoms with Gasteiger partial charge in [0.05, 0.1) is 20.8 Å². The molecule has 0 saturated carbocycles. The third kappa shape index (κ3) is 4.66. The van der Waals surface area contributed by atoms with Crippen LogP contribution in [0.25, 0.3) is 0 Å². The minimum atomic E-state index is 0.378. The van der Waals surface area contributed by atoms with Gasteiger partial charge in [0, 0.05) is 6.04 Å². The van der Waals surface area contributed by atoms with Gasteiger partial charge in [-0.15, -0.1) is 0 Å². The van der Waals surface area contributed by atoms with Crippen molar-refractivity contribution in [2.45, 2.75) is 39.2 Å². The molecule has 21 heavy (non-hydrogen) atoms. The molecule has 1 aliphatic rings. The summed E-state index contributed by atoms with van der Waals surface area (Å²) in [5.74, 6) is 0.670. The second-order valence-corrected chi connectivity index (χ2v) is 7.08. The van der Waals surface area contributed by atoms with E-state index in [2.05, 4.69) is 24.1 Å². The van der Waals surface area contributed by atoms with E-state index in [1.54, 1.807) is 6.07 Å². The van der Waals surface area contributed by atoms with E-state index in [0.717, 1.165) is 5.69 Å². The van der Waals surface area contributed by atoms with Crippen molar-refractivity contribution in [2.75, 3.05) is 25.0 Å².